The van der Waals surface area contributed by atoms with E-state index in [-0.39, 0.29) is 0 Å². The van der Waals surface area contributed by atoms with E-state index in [4.69, 9.17) is 18.6 Å². The molecule has 3 aromatic rings. The first-order valence-corrected chi connectivity index (χ1v) is 7.25. The third kappa shape index (κ3) is 4.16. The van der Waals surface area contributed by atoms with Crippen molar-refractivity contribution in [2.45, 2.75) is 6.92 Å². The Balaban J connectivity index is 0.000000309. The Labute approximate surface area is 127 Å². The van der Waals surface area contributed by atoms with Gasteiger partial charge in [-0.25, -0.2) is 18.6 Å². The molecule has 3 rings (SSSR count). The van der Waals surface area contributed by atoms with Crippen molar-refractivity contribution in [1.82, 2.24) is 19.9 Å². The van der Waals surface area contributed by atoms with Gasteiger partial charge in [0.2, 0.25) is 0 Å². The zero-order valence-corrected chi connectivity index (χ0v) is 12.5. The van der Waals surface area contributed by atoms with Crippen LogP contribution in [0.5, 0.6) is 0 Å². The van der Waals surface area contributed by atoms with Gasteiger partial charge in [0.05, 0.1) is 12.3 Å². The van der Waals surface area contributed by atoms with Crippen molar-refractivity contribution < 1.29 is 33.6 Å². The molecule has 0 radical (unpaired) electrons. The summed E-state index contributed by atoms with van der Waals surface area (Å²) in [5.74, 6) is 0.740. The van der Waals surface area contributed by atoms with Gasteiger partial charge in [0.15, 0.2) is 0 Å². The molecule has 0 saturated carbocycles. The van der Waals surface area contributed by atoms with E-state index in [0.29, 0.717) is 0 Å². The van der Waals surface area contributed by atoms with Gasteiger partial charge in [-0.05, 0) is 6.92 Å². The smallest absolute Gasteiger partial charge is 0.222 e. The van der Waals surface area contributed by atoms with Crippen LogP contribution in [0.15, 0.2) is 36.4 Å². The Bertz CT molecular complexity index is 766. The molecule has 0 unspecified atom stereocenters. The SMILES string of the molecule is Cc1cc(-c2ccccc2)nc2n1nn[n+]2C.[O-][Cl+3]([O-])([O-])[O-]. The van der Waals surface area contributed by atoms with Crippen molar-refractivity contribution in [2.24, 2.45) is 7.05 Å². The Hall–Kier alpha value is -2.17. The summed E-state index contributed by atoms with van der Waals surface area (Å²) in [7, 11) is -3.11. The molecule has 2 heterocycles. The average molecular weight is 326 g/mol. The molecule has 0 aliphatic rings. The van der Waals surface area contributed by atoms with Crippen LogP contribution in [0, 0.1) is 17.2 Å². The van der Waals surface area contributed by atoms with Crippen LogP contribution in [-0.2, 0) is 7.05 Å². The zero-order chi connectivity index (χ0) is 16.3. The van der Waals surface area contributed by atoms with Gasteiger partial charge in [0.25, 0.3) is 0 Å². The van der Waals surface area contributed by atoms with Crippen LogP contribution < -0.4 is 23.3 Å². The molecule has 0 aliphatic carbocycles. The molecule has 0 aliphatic heterocycles. The van der Waals surface area contributed by atoms with E-state index < -0.39 is 10.2 Å². The number of aryl methyl sites for hydroxylation is 2. The fourth-order valence-electron chi connectivity index (χ4n) is 1.82. The monoisotopic (exact) mass is 325 g/mol. The van der Waals surface area contributed by atoms with Crippen LogP contribution in [-0.4, -0.2) is 19.9 Å². The van der Waals surface area contributed by atoms with Crippen molar-refractivity contribution in [3.05, 3.63) is 42.1 Å². The fourth-order valence-corrected chi connectivity index (χ4v) is 1.82. The van der Waals surface area contributed by atoms with Crippen LogP contribution >= 0.6 is 0 Å². The Morgan fingerprint density at radius 2 is 1.68 bits per heavy atom. The second kappa shape index (κ2) is 6.30. The summed E-state index contributed by atoms with van der Waals surface area (Å²) in [4.78, 5) is 4.57. The Morgan fingerprint density at radius 1 is 1.09 bits per heavy atom. The number of tetrazole rings is 1. The van der Waals surface area contributed by atoms with Crippen LogP contribution in [0.2, 0.25) is 0 Å². The lowest BCUT2D eigenvalue weighted by molar-refractivity contribution is -2.00. The first kappa shape index (κ1) is 16.2. The Kier molecular flexibility index (Phi) is 4.64. The van der Waals surface area contributed by atoms with E-state index in [9.17, 15) is 0 Å². The predicted molar refractivity (Wildman–Crippen MR) is 62.1 cm³/mol. The number of aromatic nitrogens is 5. The van der Waals surface area contributed by atoms with E-state index in [1.807, 2.05) is 50.4 Å². The molecule has 0 spiro atoms. The fraction of sp³-hybridized carbons (Fsp3) is 0.167. The lowest BCUT2D eigenvalue weighted by atomic mass is 10.1. The lowest BCUT2D eigenvalue weighted by Crippen LogP contribution is -2.68. The molecule has 0 saturated heterocycles. The largest absolute Gasteiger partial charge is 0.407 e. The Morgan fingerprint density at radius 3 is 2.27 bits per heavy atom. The molecule has 0 bridgehead atoms. The summed E-state index contributed by atoms with van der Waals surface area (Å²) in [6, 6.07) is 12.1. The molecule has 22 heavy (non-hydrogen) atoms. The maximum Gasteiger partial charge on any atom is 0.407 e. The van der Waals surface area contributed by atoms with Gasteiger partial charge in [-0.3, -0.25) is 0 Å². The summed E-state index contributed by atoms with van der Waals surface area (Å²) in [6.07, 6.45) is 0. The number of nitrogens with zero attached hydrogens (tertiary/aromatic N) is 5. The van der Waals surface area contributed by atoms with Crippen LogP contribution in [0.4, 0.5) is 0 Å². The summed E-state index contributed by atoms with van der Waals surface area (Å²) in [5.41, 5.74) is 3.05. The van der Waals surface area contributed by atoms with Crippen molar-refractivity contribution in [3.63, 3.8) is 0 Å². The van der Waals surface area contributed by atoms with Gasteiger partial charge in [-0.1, -0.05) is 34.8 Å². The summed E-state index contributed by atoms with van der Waals surface area (Å²) < 4.78 is 37.4. The van der Waals surface area contributed by atoms with Crippen molar-refractivity contribution >= 4 is 5.78 Å². The van der Waals surface area contributed by atoms with Gasteiger partial charge in [0.1, 0.15) is 16.6 Å². The second-order valence-electron chi connectivity index (χ2n) is 4.34. The standard InChI is InChI=1S/C12H12N5.ClHO4/c1-9-8-11(10-6-4-3-5-7-10)13-12-16(2)14-15-17(9)12;2-1(3,4)5/h3-8H,1-2H3;(H,2,3,4,5)/q+1;/p-1. The first-order valence-electron chi connectivity index (χ1n) is 6.02. The highest BCUT2D eigenvalue weighted by molar-refractivity contribution is 5.60. The molecule has 0 amide bonds. The topological polar surface area (TPSA) is 139 Å². The van der Waals surface area contributed by atoms with Crippen molar-refractivity contribution in [1.29, 1.82) is 0 Å². The normalized spacial score (nSPS) is 11.2. The molecule has 9 nitrogen and oxygen atoms in total. The third-order valence-electron chi connectivity index (χ3n) is 2.71. The summed E-state index contributed by atoms with van der Waals surface area (Å²) in [5, 5.41) is 7.98. The number of hydrogen-bond acceptors (Lipinski definition) is 7. The van der Waals surface area contributed by atoms with Gasteiger partial charge in [-0.2, -0.15) is 0 Å². The van der Waals surface area contributed by atoms with Gasteiger partial charge < -0.3 is 0 Å². The van der Waals surface area contributed by atoms with E-state index >= 15 is 0 Å². The summed E-state index contributed by atoms with van der Waals surface area (Å²) in [6.45, 7) is 2.00. The molecule has 116 valence electrons. The van der Waals surface area contributed by atoms with E-state index in [0.717, 1.165) is 22.7 Å². The minimum atomic E-state index is -4.94. The van der Waals surface area contributed by atoms with Gasteiger partial charge in [-0.15, -0.1) is 19.9 Å². The molecule has 1 aromatic carbocycles. The van der Waals surface area contributed by atoms with Crippen LogP contribution in [0.1, 0.15) is 5.69 Å². The second-order valence-corrected chi connectivity index (χ2v) is 5.10. The first-order chi connectivity index (χ1) is 10.3. The third-order valence-corrected chi connectivity index (χ3v) is 2.71. The average Bonchev–Trinajstić information content (AvgIpc) is 2.80. The molecule has 0 N–H and O–H groups in total. The minimum absolute atomic E-state index is 0.740. The number of fused-ring (bicyclic) bond motifs is 1. The molecule has 10 heteroatoms. The molecule has 2 aromatic heterocycles. The molecule has 0 atom stereocenters. The van der Waals surface area contributed by atoms with Crippen molar-refractivity contribution in [3.8, 4) is 11.3 Å². The van der Waals surface area contributed by atoms with Gasteiger partial charge in [0, 0.05) is 11.6 Å². The molecular formula is C12H12ClN5O4. The zero-order valence-electron chi connectivity index (χ0n) is 11.7. The summed E-state index contributed by atoms with van der Waals surface area (Å²) >= 11 is 0. The highest BCUT2D eigenvalue weighted by Crippen LogP contribution is 2.17. The van der Waals surface area contributed by atoms with E-state index in [1.54, 1.807) is 9.20 Å². The maximum absolute atomic E-state index is 8.49. The van der Waals surface area contributed by atoms with Gasteiger partial charge >= 0.3 is 5.78 Å². The number of halogens is 1. The number of rotatable bonds is 1. The maximum atomic E-state index is 8.49. The highest BCUT2D eigenvalue weighted by Gasteiger charge is 2.16. The van der Waals surface area contributed by atoms with Crippen molar-refractivity contribution in [2.75, 3.05) is 0 Å². The molecule has 0 fully saturated rings. The quantitative estimate of drug-likeness (QED) is 0.417. The minimum Gasteiger partial charge on any atom is -0.222 e. The van der Waals surface area contributed by atoms with Crippen LogP contribution in [0.3, 0.4) is 0 Å². The van der Waals surface area contributed by atoms with Crippen LogP contribution in [0.25, 0.3) is 17.0 Å². The van der Waals surface area contributed by atoms with E-state index in [1.165, 1.54) is 0 Å². The predicted octanol–water partition coefficient (Wildman–Crippen LogP) is -3.83. The number of hydrogen-bond donors (Lipinski definition) is 0. The lowest BCUT2D eigenvalue weighted by Gasteiger charge is -2.17. The number of benzene rings is 1. The molecular weight excluding hydrogens is 314 g/mol. The van der Waals surface area contributed by atoms with E-state index in [2.05, 4.69) is 15.4 Å². The highest BCUT2D eigenvalue weighted by atomic mass is 35.7.